The van der Waals surface area contributed by atoms with E-state index in [1.54, 1.807) is 0 Å². The first-order chi connectivity index (χ1) is 13.7. The van der Waals surface area contributed by atoms with Crippen molar-refractivity contribution >= 4 is 39.9 Å². The summed E-state index contributed by atoms with van der Waals surface area (Å²) in [5.74, 6) is 0.981. The van der Waals surface area contributed by atoms with Gasteiger partial charge in [-0.25, -0.2) is 0 Å². The molecule has 0 spiro atoms. The van der Waals surface area contributed by atoms with Gasteiger partial charge in [-0.05, 0) is 65.5 Å². The molecular formula is C22H28BrClN2O3. The predicted molar refractivity (Wildman–Crippen MR) is 122 cm³/mol. The summed E-state index contributed by atoms with van der Waals surface area (Å²) in [6, 6.07) is 13.9. The summed E-state index contributed by atoms with van der Waals surface area (Å²) >= 11 is 3.57. The Morgan fingerprint density at radius 2 is 1.86 bits per heavy atom. The molecule has 7 heteroatoms. The van der Waals surface area contributed by atoms with Gasteiger partial charge in [-0.3, -0.25) is 4.79 Å². The minimum Gasteiger partial charge on any atom is -0.490 e. The first-order valence-electron chi connectivity index (χ1n) is 9.82. The highest BCUT2D eigenvalue weighted by atomic mass is 79.9. The summed E-state index contributed by atoms with van der Waals surface area (Å²) in [5.41, 5.74) is 1.87. The zero-order chi connectivity index (χ0) is 19.8. The summed E-state index contributed by atoms with van der Waals surface area (Å²) in [6.45, 7) is 3.16. The maximum absolute atomic E-state index is 12.2. The van der Waals surface area contributed by atoms with Crippen LogP contribution in [-0.2, 0) is 11.3 Å². The average Bonchev–Trinajstić information content (AvgIpc) is 3.20. The topological polar surface area (TPSA) is 59.6 Å². The van der Waals surface area contributed by atoms with Gasteiger partial charge >= 0.3 is 0 Å². The third-order valence-electron chi connectivity index (χ3n) is 4.72. The molecule has 5 nitrogen and oxygen atoms in total. The second-order valence-electron chi connectivity index (χ2n) is 6.90. The van der Waals surface area contributed by atoms with Crippen LogP contribution in [0, 0.1) is 0 Å². The Morgan fingerprint density at radius 1 is 1.14 bits per heavy atom. The molecule has 0 aromatic heterocycles. The number of ether oxygens (including phenoxy) is 2. The Kier molecular flexibility index (Phi) is 9.78. The van der Waals surface area contributed by atoms with Gasteiger partial charge in [0.1, 0.15) is 0 Å². The van der Waals surface area contributed by atoms with Crippen molar-refractivity contribution in [2.45, 2.75) is 45.2 Å². The molecule has 0 saturated heterocycles. The van der Waals surface area contributed by atoms with Crippen molar-refractivity contribution in [3.63, 3.8) is 0 Å². The molecule has 1 aliphatic rings. The lowest BCUT2D eigenvalue weighted by atomic mass is 10.1. The van der Waals surface area contributed by atoms with Crippen LogP contribution in [-0.4, -0.2) is 25.2 Å². The summed E-state index contributed by atoms with van der Waals surface area (Å²) in [4.78, 5) is 12.2. The highest BCUT2D eigenvalue weighted by molar-refractivity contribution is 9.10. The van der Waals surface area contributed by atoms with Crippen molar-refractivity contribution in [2.75, 3.05) is 18.5 Å². The molecule has 0 unspecified atom stereocenters. The number of anilines is 1. The van der Waals surface area contributed by atoms with Crippen molar-refractivity contribution in [3.05, 3.63) is 52.5 Å². The van der Waals surface area contributed by atoms with Crippen molar-refractivity contribution in [2.24, 2.45) is 0 Å². The first kappa shape index (κ1) is 23.5. The largest absolute Gasteiger partial charge is 0.490 e. The molecule has 158 valence electrons. The third kappa shape index (κ3) is 7.21. The lowest BCUT2D eigenvalue weighted by molar-refractivity contribution is -0.118. The molecule has 1 amide bonds. The van der Waals surface area contributed by atoms with E-state index >= 15 is 0 Å². The highest BCUT2D eigenvalue weighted by Crippen LogP contribution is 2.37. The average molecular weight is 484 g/mol. The van der Waals surface area contributed by atoms with Gasteiger partial charge in [0.2, 0.25) is 0 Å². The van der Waals surface area contributed by atoms with Crippen LogP contribution in [0.25, 0.3) is 0 Å². The maximum atomic E-state index is 12.2. The number of benzene rings is 2. The van der Waals surface area contributed by atoms with Crippen LogP contribution in [0.5, 0.6) is 11.5 Å². The summed E-state index contributed by atoms with van der Waals surface area (Å²) in [7, 11) is 0. The van der Waals surface area contributed by atoms with Crippen LogP contribution in [0.4, 0.5) is 5.69 Å². The van der Waals surface area contributed by atoms with Crippen LogP contribution < -0.4 is 20.1 Å². The number of halogens is 2. The van der Waals surface area contributed by atoms with Gasteiger partial charge in [0.15, 0.2) is 18.1 Å². The number of amides is 1. The quantitative estimate of drug-likeness (QED) is 0.507. The number of carbonyl (C=O) groups excluding carboxylic acids is 1. The van der Waals surface area contributed by atoms with Crippen LogP contribution >= 0.6 is 28.3 Å². The van der Waals surface area contributed by atoms with Gasteiger partial charge in [-0.1, -0.05) is 31.0 Å². The minimum absolute atomic E-state index is 0. The Balaban J connectivity index is 0.00000300. The fourth-order valence-electron chi connectivity index (χ4n) is 3.37. The van der Waals surface area contributed by atoms with E-state index in [1.165, 1.54) is 25.7 Å². The van der Waals surface area contributed by atoms with Crippen molar-refractivity contribution in [1.82, 2.24) is 5.32 Å². The van der Waals surface area contributed by atoms with Gasteiger partial charge in [0.25, 0.3) is 5.91 Å². The van der Waals surface area contributed by atoms with E-state index in [9.17, 15) is 4.79 Å². The maximum Gasteiger partial charge on any atom is 0.262 e. The molecule has 2 N–H and O–H groups in total. The number of rotatable bonds is 9. The molecular weight excluding hydrogens is 456 g/mol. The van der Waals surface area contributed by atoms with Gasteiger partial charge in [0, 0.05) is 18.3 Å². The molecule has 2 aromatic carbocycles. The minimum atomic E-state index is -0.215. The van der Waals surface area contributed by atoms with Gasteiger partial charge < -0.3 is 20.1 Å². The summed E-state index contributed by atoms with van der Waals surface area (Å²) < 4.78 is 12.3. The van der Waals surface area contributed by atoms with Crippen molar-refractivity contribution in [3.8, 4) is 11.5 Å². The number of nitrogens with one attached hydrogen (secondary N) is 2. The molecule has 0 aliphatic heterocycles. The van der Waals surface area contributed by atoms with E-state index in [2.05, 4.69) is 26.6 Å². The van der Waals surface area contributed by atoms with E-state index in [0.717, 1.165) is 22.3 Å². The molecule has 0 heterocycles. The second kappa shape index (κ2) is 12.1. The van der Waals surface area contributed by atoms with Crippen LogP contribution in [0.15, 0.2) is 46.9 Å². The molecule has 3 rings (SSSR count). The molecule has 1 fully saturated rings. The number of hydrogen-bond donors (Lipinski definition) is 2. The van der Waals surface area contributed by atoms with Crippen LogP contribution in [0.2, 0.25) is 0 Å². The molecule has 0 radical (unpaired) electrons. The molecule has 1 saturated carbocycles. The zero-order valence-corrected chi connectivity index (χ0v) is 19.0. The number of para-hydroxylation sites is 1. The number of hydrogen-bond acceptors (Lipinski definition) is 4. The van der Waals surface area contributed by atoms with Gasteiger partial charge in [-0.15, -0.1) is 12.4 Å². The number of carbonyl (C=O) groups is 1. The van der Waals surface area contributed by atoms with E-state index in [1.807, 2.05) is 49.4 Å². The predicted octanol–water partition coefficient (Wildman–Crippen LogP) is 5.32. The Hall–Kier alpha value is -1.76. The lowest BCUT2D eigenvalue weighted by Gasteiger charge is -2.17. The monoisotopic (exact) mass is 482 g/mol. The first-order valence-corrected chi connectivity index (χ1v) is 10.6. The van der Waals surface area contributed by atoms with Gasteiger partial charge in [-0.2, -0.15) is 0 Å². The smallest absolute Gasteiger partial charge is 0.262 e. The Labute approximate surface area is 187 Å². The molecule has 29 heavy (non-hydrogen) atoms. The van der Waals surface area contributed by atoms with Crippen LogP contribution in [0.3, 0.4) is 0 Å². The Morgan fingerprint density at radius 3 is 2.55 bits per heavy atom. The SMILES string of the molecule is CCOc1cc(CNC2CCCC2)cc(Br)c1OCC(=O)Nc1ccccc1.Cl. The molecule has 1 aliphatic carbocycles. The fourth-order valence-corrected chi connectivity index (χ4v) is 3.98. The zero-order valence-electron chi connectivity index (χ0n) is 16.6. The second-order valence-corrected chi connectivity index (χ2v) is 7.76. The van der Waals surface area contributed by atoms with E-state index < -0.39 is 0 Å². The van der Waals surface area contributed by atoms with Crippen LogP contribution in [0.1, 0.15) is 38.2 Å². The van der Waals surface area contributed by atoms with E-state index in [0.29, 0.717) is 24.1 Å². The van der Waals surface area contributed by atoms with E-state index in [-0.39, 0.29) is 24.9 Å². The van der Waals surface area contributed by atoms with E-state index in [4.69, 9.17) is 9.47 Å². The van der Waals surface area contributed by atoms with Gasteiger partial charge in [0.05, 0.1) is 11.1 Å². The Bertz CT molecular complexity index is 783. The standard InChI is InChI=1S/C22H27BrN2O3.ClH/c1-2-27-20-13-16(14-24-17-8-6-7-9-17)12-19(23)22(20)28-15-21(26)25-18-10-4-3-5-11-18;/h3-5,10-13,17,24H,2,6-9,14-15H2,1H3,(H,25,26);1H. The normalized spacial score (nSPS) is 13.6. The summed E-state index contributed by atoms with van der Waals surface area (Å²) in [5, 5.41) is 6.43. The molecule has 0 bridgehead atoms. The molecule has 0 atom stereocenters. The fraction of sp³-hybridized carbons (Fsp3) is 0.409. The summed E-state index contributed by atoms with van der Waals surface area (Å²) in [6.07, 6.45) is 5.11. The lowest BCUT2D eigenvalue weighted by Crippen LogP contribution is -2.25. The van der Waals surface area contributed by atoms with Crippen molar-refractivity contribution in [1.29, 1.82) is 0 Å². The van der Waals surface area contributed by atoms with Crippen molar-refractivity contribution < 1.29 is 14.3 Å². The third-order valence-corrected chi connectivity index (χ3v) is 5.31. The highest BCUT2D eigenvalue weighted by Gasteiger charge is 2.17. The molecule has 2 aromatic rings.